The van der Waals surface area contributed by atoms with Crippen molar-refractivity contribution in [2.24, 2.45) is 11.8 Å². The molecule has 3 unspecified atom stereocenters. The van der Waals surface area contributed by atoms with Crippen molar-refractivity contribution >= 4 is 0 Å². The van der Waals surface area contributed by atoms with Crippen molar-refractivity contribution in [1.29, 1.82) is 0 Å². The van der Waals surface area contributed by atoms with Gasteiger partial charge in [0.2, 0.25) is 0 Å². The van der Waals surface area contributed by atoms with Crippen LogP contribution in [0.2, 0.25) is 0 Å². The Labute approximate surface area is 125 Å². The smallest absolute Gasteiger partial charge is 0.0610 e. The van der Waals surface area contributed by atoms with Crippen LogP contribution < -0.4 is 5.32 Å². The molecule has 1 heterocycles. The van der Waals surface area contributed by atoms with Gasteiger partial charge < -0.3 is 15.3 Å². The van der Waals surface area contributed by atoms with Crippen LogP contribution in [0.25, 0.3) is 0 Å². The lowest BCUT2D eigenvalue weighted by Gasteiger charge is -2.35. The minimum absolute atomic E-state index is 0.0507. The van der Waals surface area contributed by atoms with E-state index in [1.54, 1.807) is 0 Å². The molecule has 0 aromatic carbocycles. The molecule has 1 saturated carbocycles. The van der Waals surface area contributed by atoms with Gasteiger partial charge in [0.1, 0.15) is 0 Å². The summed E-state index contributed by atoms with van der Waals surface area (Å²) in [6, 6.07) is 0.677. The van der Waals surface area contributed by atoms with Gasteiger partial charge in [-0.05, 0) is 64.0 Å². The van der Waals surface area contributed by atoms with E-state index in [2.05, 4.69) is 31.0 Å². The highest BCUT2D eigenvalue weighted by Crippen LogP contribution is 2.26. The predicted octanol–water partition coefficient (Wildman–Crippen LogP) is 2.64. The first kappa shape index (κ1) is 16.3. The first-order chi connectivity index (χ1) is 9.52. The lowest BCUT2D eigenvalue weighted by atomic mass is 9.88. The van der Waals surface area contributed by atoms with Crippen molar-refractivity contribution < 1.29 is 5.11 Å². The molecule has 0 aromatic heterocycles. The Hall–Kier alpha value is -0.120. The molecule has 1 aliphatic heterocycles. The number of hydrogen-bond acceptors (Lipinski definition) is 3. The number of unbranched alkanes of at least 4 members (excludes halogenated alkanes) is 1. The van der Waals surface area contributed by atoms with E-state index < -0.39 is 0 Å². The summed E-state index contributed by atoms with van der Waals surface area (Å²) in [6.07, 6.45) is 7.53. The molecule has 2 fully saturated rings. The molecule has 3 nitrogen and oxygen atoms in total. The molecule has 0 amide bonds. The zero-order chi connectivity index (χ0) is 14.6. The number of aliphatic hydroxyl groups excluding tert-OH is 1. The van der Waals surface area contributed by atoms with E-state index in [0.717, 1.165) is 18.3 Å². The molecule has 0 bridgehead atoms. The highest BCUT2D eigenvalue weighted by Gasteiger charge is 2.31. The summed E-state index contributed by atoms with van der Waals surface area (Å²) in [7, 11) is 0. The van der Waals surface area contributed by atoms with Crippen LogP contribution in [0, 0.1) is 11.8 Å². The quantitative estimate of drug-likeness (QED) is 0.672. The van der Waals surface area contributed by atoms with E-state index in [0.29, 0.717) is 6.04 Å². The molecule has 0 radical (unpaired) electrons. The van der Waals surface area contributed by atoms with E-state index in [9.17, 15) is 5.11 Å². The average Bonchev–Trinajstić information content (AvgIpc) is 3.22. The van der Waals surface area contributed by atoms with Crippen LogP contribution in [0.4, 0.5) is 0 Å². The van der Waals surface area contributed by atoms with Gasteiger partial charge in [-0.1, -0.05) is 20.3 Å². The molecular weight excluding hydrogens is 248 g/mol. The molecule has 0 aromatic rings. The average molecular weight is 282 g/mol. The third-order valence-electron chi connectivity index (χ3n) is 5.35. The molecule has 0 spiro atoms. The zero-order valence-electron chi connectivity index (χ0n) is 13.7. The lowest BCUT2D eigenvalue weighted by molar-refractivity contribution is 0.130. The number of nitrogens with one attached hydrogen (secondary N) is 1. The fourth-order valence-corrected chi connectivity index (χ4v) is 3.32. The highest BCUT2D eigenvalue weighted by atomic mass is 16.3. The topological polar surface area (TPSA) is 35.5 Å². The Morgan fingerprint density at radius 3 is 2.50 bits per heavy atom. The van der Waals surface area contributed by atoms with Crippen LogP contribution in [0.5, 0.6) is 0 Å². The number of piperidine rings is 1. The van der Waals surface area contributed by atoms with E-state index >= 15 is 0 Å². The SMILES string of the molecule is CC1CCN(CCCCC(C)(CO)NC2CC2)CC1C. The fraction of sp³-hybridized carbons (Fsp3) is 1.00. The molecule has 3 heteroatoms. The standard InChI is InChI=1S/C17H34N2O/c1-14-8-11-19(12-15(14)2)10-5-4-9-17(3,13-20)18-16-6-7-16/h14-16,18,20H,4-13H2,1-3H3. The largest absolute Gasteiger partial charge is 0.394 e. The Morgan fingerprint density at radius 2 is 1.90 bits per heavy atom. The summed E-state index contributed by atoms with van der Waals surface area (Å²) in [6.45, 7) is 11.0. The Balaban J connectivity index is 1.60. The van der Waals surface area contributed by atoms with Gasteiger partial charge >= 0.3 is 0 Å². The minimum Gasteiger partial charge on any atom is -0.394 e. The first-order valence-electron chi connectivity index (χ1n) is 8.63. The summed E-state index contributed by atoms with van der Waals surface area (Å²) in [5.74, 6) is 1.75. The van der Waals surface area contributed by atoms with Gasteiger partial charge in [-0.3, -0.25) is 0 Å². The maximum absolute atomic E-state index is 9.60. The van der Waals surface area contributed by atoms with Crippen molar-refractivity contribution in [1.82, 2.24) is 10.2 Å². The predicted molar refractivity (Wildman–Crippen MR) is 84.9 cm³/mol. The van der Waals surface area contributed by atoms with Gasteiger partial charge in [-0.2, -0.15) is 0 Å². The molecule has 1 saturated heterocycles. The van der Waals surface area contributed by atoms with Crippen LogP contribution in [0.15, 0.2) is 0 Å². The normalized spacial score (nSPS) is 31.2. The van der Waals surface area contributed by atoms with Crippen LogP contribution in [-0.2, 0) is 0 Å². The maximum Gasteiger partial charge on any atom is 0.0610 e. The number of likely N-dealkylation sites (tertiary alicyclic amines) is 1. The third kappa shape index (κ3) is 5.01. The third-order valence-corrected chi connectivity index (χ3v) is 5.35. The number of hydrogen-bond donors (Lipinski definition) is 2. The molecule has 3 atom stereocenters. The highest BCUT2D eigenvalue weighted by molar-refractivity contribution is 4.92. The lowest BCUT2D eigenvalue weighted by Crippen LogP contribution is -2.47. The van der Waals surface area contributed by atoms with Crippen LogP contribution in [0.3, 0.4) is 0 Å². The number of nitrogens with zero attached hydrogens (tertiary/aromatic N) is 1. The van der Waals surface area contributed by atoms with Gasteiger partial charge in [-0.25, -0.2) is 0 Å². The minimum atomic E-state index is -0.0507. The molecule has 1 aliphatic carbocycles. The van der Waals surface area contributed by atoms with Crippen LogP contribution in [-0.4, -0.2) is 47.8 Å². The molecule has 2 N–H and O–H groups in total. The Morgan fingerprint density at radius 1 is 1.15 bits per heavy atom. The Kier molecular flexibility index (Phi) is 5.88. The summed E-state index contributed by atoms with van der Waals surface area (Å²) in [5, 5.41) is 13.2. The second-order valence-corrected chi connectivity index (χ2v) is 7.64. The first-order valence-corrected chi connectivity index (χ1v) is 8.63. The summed E-state index contributed by atoms with van der Waals surface area (Å²) in [4.78, 5) is 2.63. The van der Waals surface area contributed by atoms with Crippen LogP contribution in [0.1, 0.15) is 59.3 Å². The molecule has 118 valence electrons. The zero-order valence-corrected chi connectivity index (χ0v) is 13.7. The summed E-state index contributed by atoms with van der Waals surface area (Å²) >= 11 is 0. The van der Waals surface area contributed by atoms with E-state index in [-0.39, 0.29) is 12.1 Å². The molecular formula is C17H34N2O. The molecule has 2 rings (SSSR count). The van der Waals surface area contributed by atoms with Crippen molar-refractivity contribution in [2.45, 2.75) is 70.9 Å². The second-order valence-electron chi connectivity index (χ2n) is 7.64. The Bertz CT molecular complexity index is 293. The van der Waals surface area contributed by atoms with Gasteiger partial charge in [0.15, 0.2) is 0 Å². The molecule has 20 heavy (non-hydrogen) atoms. The van der Waals surface area contributed by atoms with Crippen molar-refractivity contribution in [3.8, 4) is 0 Å². The second kappa shape index (κ2) is 7.24. The van der Waals surface area contributed by atoms with Crippen molar-refractivity contribution in [3.05, 3.63) is 0 Å². The number of aliphatic hydroxyl groups is 1. The summed E-state index contributed by atoms with van der Waals surface area (Å²) < 4.78 is 0. The van der Waals surface area contributed by atoms with Gasteiger partial charge in [0.05, 0.1) is 6.61 Å². The van der Waals surface area contributed by atoms with Crippen LogP contribution >= 0.6 is 0 Å². The van der Waals surface area contributed by atoms with Crippen molar-refractivity contribution in [3.63, 3.8) is 0 Å². The van der Waals surface area contributed by atoms with E-state index in [4.69, 9.17) is 0 Å². The number of rotatable bonds is 8. The van der Waals surface area contributed by atoms with E-state index in [1.807, 2.05) is 0 Å². The van der Waals surface area contributed by atoms with Gasteiger partial charge in [0.25, 0.3) is 0 Å². The van der Waals surface area contributed by atoms with Crippen molar-refractivity contribution in [2.75, 3.05) is 26.2 Å². The van der Waals surface area contributed by atoms with Gasteiger partial charge in [0, 0.05) is 18.1 Å². The monoisotopic (exact) mass is 282 g/mol. The fourth-order valence-electron chi connectivity index (χ4n) is 3.32. The van der Waals surface area contributed by atoms with Gasteiger partial charge in [-0.15, -0.1) is 0 Å². The summed E-state index contributed by atoms with van der Waals surface area (Å²) in [5.41, 5.74) is -0.0507. The molecule has 2 aliphatic rings. The maximum atomic E-state index is 9.60. The van der Waals surface area contributed by atoms with E-state index in [1.165, 1.54) is 51.7 Å².